The molecule has 0 atom stereocenters. The monoisotopic (exact) mass is 264 g/mol. The van der Waals surface area contributed by atoms with E-state index in [1.54, 1.807) is 22.2 Å². The first-order valence-electron chi connectivity index (χ1n) is 6.18. The largest absolute Gasteiger partial charge is 0.226 e. The smallest absolute Gasteiger partial charge is 0.131 e. The van der Waals surface area contributed by atoms with Gasteiger partial charge in [-0.15, -0.1) is 23.1 Å². The topological polar surface area (TPSA) is 25.8 Å². The minimum Gasteiger partial charge on any atom is -0.226 e. The predicted octanol–water partition coefficient (Wildman–Crippen LogP) is 3.85. The molecule has 2 heterocycles. The zero-order valence-corrected chi connectivity index (χ0v) is 11.9. The maximum absolute atomic E-state index is 4.70. The fraction of sp³-hybridized carbons (Fsp3) is 0.538. The van der Waals surface area contributed by atoms with Crippen molar-refractivity contribution in [2.45, 2.75) is 44.1 Å². The van der Waals surface area contributed by atoms with Crippen molar-refractivity contribution in [3.63, 3.8) is 0 Å². The Labute approximate surface area is 110 Å². The molecule has 2 nitrogen and oxygen atoms in total. The van der Waals surface area contributed by atoms with Gasteiger partial charge in [-0.05, 0) is 37.5 Å². The van der Waals surface area contributed by atoms with Gasteiger partial charge in [-0.1, -0.05) is 6.92 Å². The van der Waals surface area contributed by atoms with Crippen LogP contribution in [0, 0.1) is 0 Å². The first kappa shape index (κ1) is 11.5. The van der Waals surface area contributed by atoms with Gasteiger partial charge in [0.25, 0.3) is 0 Å². The number of thiophene rings is 1. The van der Waals surface area contributed by atoms with Crippen molar-refractivity contribution in [2.24, 2.45) is 0 Å². The van der Waals surface area contributed by atoms with E-state index in [9.17, 15) is 0 Å². The Hall–Kier alpha value is -0.610. The van der Waals surface area contributed by atoms with Crippen molar-refractivity contribution in [2.75, 3.05) is 6.26 Å². The molecule has 17 heavy (non-hydrogen) atoms. The minimum atomic E-state index is 0.923. The molecule has 0 spiro atoms. The van der Waals surface area contributed by atoms with Crippen molar-refractivity contribution >= 4 is 33.3 Å². The standard InChI is InChI=1S/C13H16N2S2/c1-3-10-14-12(16-2)11-8-6-4-5-7-9(8)17-13(11)15-10/h3-7H2,1-2H3. The van der Waals surface area contributed by atoms with Crippen molar-refractivity contribution in [3.8, 4) is 0 Å². The summed E-state index contributed by atoms with van der Waals surface area (Å²) in [6, 6.07) is 0. The Morgan fingerprint density at radius 2 is 2.06 bits per heavy atom. The van der Waals surface area contributed by atoms with Crippen molar-refractivity contribution in [1.29, 1.82) is 0 Å². The number of hydrogen-bond acceptors (Lipinski definition) is 4. The van der Waals surface area contributed by atoms with Crippen LogP contribution in [0.5, 0.6) is 0 Å². The molecule has 0 fully saturated rings. The lowest BCUT2D eigenvalue weighted by atomic mass is 9.97. The molecule has 0 amide bonds. The Morgan fingerprint density at radius 1 is 1.24 bits per heavy atom. The van der Waals surface area contributed by atoms with Gasteiger partial charge in [-0.25, -0.2) is 9.97 Å². The van der Waals surface area contributed by atoms with Gasteiger partial charge < -0.3 is 0 Å². The third-order valence-electron chi connectivity index (χ3n) is 3.34. The molecule has 0 saturated carbocycles. The van der Waals surface area contributed by atoms with Crippen molar-refractivity contribution in [1.82, 2.24) is 9.97 Å². The van der Waals surface area contributed by atoms with Crippen LogP contribution >= 0.6 is 23.1 Å². The number of aryl methyl sites for hydroxylation is 3. The van der Waals surface area contributed by atoms with Crippen LogP contribution in [0.15, 0.2) is 5.03 Å². The predicted molar refractivity (Wildman–Crippen MR) is 75.2 cm³/mol. The lowest BCUT2D eigenvalue weighted by Crippen LogP contribution is -2.00. The molecule has 2 aromatic rings. The fourth-order valence-electron chi connectivity index (χ4n) is 2.47. The van der Waals surface area contributed by atoms with Gasteiger partial charge in [0.15, 0.2) is 0 Å². The second-order valence-corrected chi connectivity index (χ2v) is 6.27. The van der Waals surface area contributed by atoms with Gasteiger partial charge in [-0.3, -0.25) is 0 Å². The van der Waals surface area contributed by atoms with Crippen LogP contribution in [0.2, 0.25) is 0 Å². The van der Waals surface area contributed by atoms with E-state index in [0.29, 0.717) is 0 Å². The number of nitrogens with zero attached hydrogens (tertiary/aromatic N) is 2. The van der Waals surface area contributed by atoms with Gasteiger partial charge >= 0.3 is 0 Å². The van der Waals surface area contributed by atoms with E-state index in [2.05, 4.69) is 18.2 Å². The first-order valence-corrected chi connectivity index (χ1v) is 8.22. The number of rotatable bonds is 2. The Kier molecular flexibility index (Phi) is 3.09. The van der Waals surface area contributed by atoms with Crippen molar-refractivity contribution in [3.05, 3.63) is 16.3 Å². The molecular weight excluding hydrogens is 248 g/mol. The van der Waals surface area contributed by atoms with Crippen LogP contribution in [0.4, 0.5) is 0 Å². The van der Waals surface area contributed by atoms with Crippen LogP contribution in [0.3, 0.4) is 0 Å². The quantitative estimate of drug-likeness (QED) is 0.608. The molecule has 0 aliphatic heterocycles. The van der Waals surface area contributed by atoms with E-state index in [1.807, 2.05) is 11.3 Å². The van der Waals surface area contributed by atoms with Crippen LogP contribution in [0.25, 0.3) is 10.2 Å². The summed E-state index contributed by atoms with van der Waals surface area (Å²) < 4.78 is 0. The van der Waals surface area contributed by atoms with Crippen LogP contribution in [-0.2, 0) is 19.3 Å². The highest BCUT2D eigenvalue weighted by atomic mass is 32.2. The molecule has 0 radical (unpaired) electrons. The molecule has 4 heteroatoms. The molecule has 90 valence electrons. The molecule has 3 rings (SSSR count). The van der Waals surface area contributed by atoms with Crippen LogP contribution in [-0.4, -0.2) is 16.2 Å². The highest BCUT2D eigenvalue weighted by molar-refractivity contribution is 7.98. The number of fused-ring (bicyclic) bond motifs is 3. The van der Waals surface area contributed by atoms with Gasteiger partial charge in [0.05, 0.1) is 0 Å². The number of aromatic nitrogens is 2. The van der Waals surface area contributed by atoms with Gasteiger partial charge in [0.2, 0.25) is 0 Å². The molecular formula is C13H16N2S2. The Bertz CT molecular complexity index is 560. The molecule has 1 aliphatic rings. The summed E-state index contributed by atoms with van der Waals surface area (Å²) in [5, 5.41) is 2.54. The maximum atomic E-state index is 4.70. The lowest BCUT2D eigenvalue weighted by Gasteiger charge is -2.11. The zero-order chi connectivity index (χ0) is 11.8. The Morgan fingerprint density at radius 3 is 2.82 bits per heavy atom. The number of thioether (sulfide) groups is 1. The van der Waals surface area contributed by atoms with E-state index in [1.165, 1.54) is 40.9 Å². The SMILES string of the molecule is CCc1nc(SC)c2c3c(sc2n1)CCCC3. The van der Waals surface area contributed by atoms with Crippen LogP contribution < -0.4 is 0 Å². The average Bonchev–Trinajstić information content (AvgIpc) is 2.75. The fourth-order valence-corrected chi connectivity index (χ4v) is 4.44. The van der Waals surface area contributed by atoms with Gasteiger partial charge in [0, 0.05) is 16.7 Å². The van der Waals surface area contributed by atoms with E-state index in [-0.39, 0.29) is 0 Å². The Balaban J connectivity index is 2.29. The maximum Gasteiger partial charge on any atom is 0.131 e. The molecule has 0 bridgehead atoms. The van der Waals surface area contributed by atoms with E-state index < -0.39 is 0 Å². The second-order valence-electron chi connectivity index (χ2n) is 4.39. The summed E-state index contributed by atoms with van der Waals surface area (Å²) in [6.07, 6.45) is 8.16. The normalized spacial score (nSPS) is 15.2. The van der Waals surface area contributed by atoms with Crippen molar-refractivity contribution < 1.29 is 0 Å². The second kappa shape index (κ2) is 4.58. The van der Waals surface area contributed by atoms with Gasteiger partial charge in [0.1, 0.15) is 15.7 Å². The molecule has 0 N–H and O–H groups in total. The molecule has 0 aromatic carbocycles. The van der Waals surface area contributed by atoms with E-state index >= 15 is 0 Å². The third kappa shape index (κ3) is 1.87. The first-order chi connectivity index (χ1) is 8.33. The molecule has 1 aliphatic carbocycles. The average molecular weight is 264 g/mol. The molecule has 0 unspecified atom stereocenters. The van der Waals surface area contributed by atoms with Gasteiger partial charge in [-0.2, -0.15) is 0 Å². The third-order valence-corrected chi connectivity index (χ3v) is 5.21. The summed E-state index contributed by atoms with van der Waals surface area (Å²) >= 11 is 3.66. The van der Waals surface area contributed by atoms with Crippen LogP contribution in [0.1, 0.15) is 36.0 Å². The zero-order valence-electron chi connectivity index (χ0n) is 10.2. The summed E-state index contributed by atoms with van der Waals surface area (Å²) in [7, 11) is 0. The molecule has 2 aromatic heterocycles. The minimum absolute atomic E-state index is 0.923. The van der Waals surface area contributed by atoms with E-state index in [4.69, 9.17) is 4.98 Å². The lowest BCUT2D eigenvalue weighted by molar-refractivity contribution is 0.699. The number of hydrogen-bond donors (Lipinski definition) is 0. The highest BCUT2D eigenvalue weighted by Crippen LogP contribution is 2.39. The summed E-state index contributed by atoms with van der Waals surface area (Å²) in [4.78, 5) is 12.2. The van der Waals surface area contributed by atoms with E-state index in [0.717, 1.165) is 12.2 Å². The summed E-state index contributed by atoms with van der Waals surface area (Å²) in [5.74, 6) is 0.987. The summed E-state index contributed by atoms with van der Waals surface area (Å²) in [5.41, 5.74) is 1.54. The summed E-state index contributed by atoms with van der Waals surface area (Å²) in [6.45, 7) is 2.12. The molecule has 0 saturated heterocycles. The highest BCUT2D eigenvalue weighted by Gasteiger charge is 2.20.